The summed E-state index contributed by atoms with van der Waals surface area (Å²) < 4.78 is 5.20. The zero-order valence-electron chi connectivity index (χ0n) is 8.53. The highest BCUT2D eigenvalue weighted by molar-refractivity contribution is 7.19. The van der Waals surface area contributed by atoms with E-state index in [2.05, 4.69) is 10.3 Å². The first-order valence-electron chi connectivity index (χ1n) is 4.51. The van der Waals surface area contributed by atoms with Gasteiger partial charge in [-0.2, -0.15) is 0 Å². The molecule has 0 unspecified atom stereocenters. The second-order valence-electron chi connectivity index (χ2n) is 3.04. The number of halogens is 1. The number of aromatic nitrogens is 1. The molecule has 0 amide bonds. The summed E-state index contributed by atoms with van der Waals surface area (Å²) in [5, 5.41) is 5.10. The van der Waals surface area contributed by atoms with Crippen LogP contribution in [0.2, 0.25) is 5.02 Å². The predicted octanol–water partition coefficient (Wildman–Crippen LogP) is 3.13. The second-order valence-corrected chi connectivity index (χ2v) is 4.54. The number of hydrogen-bond donors (Lipinski definition) is 2. The summed E-state index contributed by atoms with van der Waals surface area (Å²) in [5.41, 5.74) is 6.36. The zero-order chi connectivity index (χ0) is 11.5. The van der Waals surface area contributed by atoms with E-state index >= 15 is 0 Å². The number of nitrogen functional groups attached to an aromatic ring is 1. The van der Waals surface area contributed by atoms with E-state index < -0.39 is 0 Å². The van der Waals surface area contributed by atoms with Gasteiger partial charge in [0.2, 0.25) is 0 Å². The van der Waals surface area contributed by atoms with Gasteiger partial charge in [-0.15, -0.1) is 0 Å². The molecule has 0 bridgehead atoms. The van der Waals surface area contributed by atoms with Crippen molar-refractivity contribution in [2.45, 2.75) is 0 Å². The fourth-order valence-corrected chi connectivity index (χ4v) is 2.00. The molecule has 0 saturated carbocycles. The minimum absolute atomic E-state index is 0.632. The van der Waals surface area contributed by atoms with Crippen LogP contribution >= 0.6 is 22.9 Å². The molecule has 1 aromatic heterocycles. The molecular weight excluding hydrogens is 246 g/mol. The summed E-state index contributed by atoms with van der Waals surface area (Å²) in [5.74, 6) is 0.707. The van der Waals surface area contributed by atoms with Crippen molar-refractivity contribution in [3.63, 3.8) is 0 Å². The third-order valence-corrected chi connectivity index (χ3v) is 2.90. The molecule has 2 rings (SSSR count). The van der Waals surface area contributed by atoms with Gasteiger partial charge in [0, 0.05) is 5.02 Å². The van der Waals surface area contributed by atoms with Crippen LogP contribution in [0.3, 0.4) is 0 Å². The highest BCUT2D eigenvalue weighted by Crippen LogP contribution is 2.32. The van der Waals surface area contributed by atoms with Gasteiger partial charge in [0.05, 0.1) is 19.0 Å². The van der Waals surface area contributed by atoms with Gasteiger partial charge < -0.3 is 15.8 Å². The minimum atomic E-state index is 0.632. The molecule has 0 aliphatic carbocycles. The van der Waals surface area contributed by atoms with Crippen molar-refractivity contribution < 1.29 is 4.74 Å². The fraction of sp³-hybridized carbons (Fsp3) is 0.100. The minimum Gasteiger partial charge on any atom is -0.495 e. The van der Waals surface area contributed by atoms with E-state index in [1.807, 2.05) is 0 Å². The largest absolute Gasteiger partial charge is 0.495 e. The maximum Gasteiger partial charge on any atom is 0.189 e. The molecule has 1 aromatic carbocycles. The lowest BCUT2D eigenvalue weighted by Crippen LogP contribution is -1.93. The number of anilines is 3. The van der Waals surface area contributed by atoms with Crippen molar-refractivity contribution >= 4 is 38.8 Å². The summed E-state index contributed by atoms with van der Waals surface area (Å²) in [6.45, 7) is 0. The smallest absolute Gasteiger partial charge is 0.189 e. The third-order valence-electron chi connectivity index (χ3n) is 1.93. The Morgan fingerprint density at radius 2 is 2.31 bits per heavy atom. The molecule has 3 N–H and O–H groups in total. The molecule has 1 heterocycles. The van der Waals surface area contributed by atoms with Gasteiger partial charge in [-0.1, -0.05) is 22.9 Å². The van der Waals surface area contributed by atoms with Gasteiger partial charge in [0.1, 0.15) is 10.8 Å². The summed E-state index contributed by atoms with van der Waals surface area (Å²) >= 11 is 7.27. The van der Waals surface area contributed by atoms with E-state index in [9.17, 15) is 0 Å². The van der Waals surface area contributed by atoms with Crippen LogP contribution in [0.1, 0.15) is 0 Å². The molecule has 84 valence electrons. The number of methoxy groups -OCH3 is 1. The molecule has 4 nitrogen and oxygen atoms in total. The van der Waals surface area contributed by atoms with Crippen molar-refractivity contribution in [2.75, 3.05) is 18.2 Å². The van der Waals surface area contributed by atoms with Crippen LogP contribution in [-0.2, 0) is 0 Å². The molecule has 0 spiro atoms. The predicted molar refractivity (Wildman–Crippen MR) is 67.8 cm³/mol. The van der Waals surface area contributed by atoms with Gasteiger partial charge >= 0.3 is 0 Å². The first-order chi connectivity index (χ1) is 7.69. The Bertz CT molecular complexity index is 501. The van der Waals surface area contributed by atoms with Crippen LogP contribution in [0.4, 0.5) is 15.8 Å². The average molecular weight is 256 g/mol. The third kappa shape index (κ3) is 2.37. The number of ether oxygens (including phenoxy) is 1. The first kappa shape index (κ1) is 11.0. The number of nitrogens with one attached hydrogen (secondary N) is 1. The topological polar surface area (TPSA) is 60.2 Å². The fourth-order valence-electron chi connectivity index (χ4n) is 1.24. The Balaban J connectivity index is 2.29. The molecule has 0 radical (unpaired) electrons. The Kier molecular flexibility index (Phi) is 3.17. The molecule has 0 atom stereocenters. The Hall–Kier alpha value is -1.46. The summed E-state index contributed by atoms with van der Waals surface area (Å²) in [6, 6.07) is 5.33. The van der Waals surface area contributed by atoms with Gasteiger partial charge in [0.15, 0.2) is 5.13 Å². The highest BCUT2D eigenvalue weighted by atomic mass is 35.5. The van der Waals surface area contributed by atoms with Crippen LogP contribution in [0.5, 0.6) is 5.75 Å². The lowest BCUT2D eigenvalue weighted by molar-refractivity contribution is 0.417. The quantitative estimate of drug-likeness (QED) is 0.885. The van der Waals surface area contributed by atoms with Gasteiger partial charge in [0.25, 0.3) is 0 Å². The maximum absolute atomic E-state index is 5.91. The summed E-state index contributed by atoms with van der Waals surface area (Å²) in [7, 11) is 1.60. The maximum atomic E-state index is 5.91. The van der Waals surface area contributed by atoms with Crippen molar-refractivity contribution in [2.24, 2.45) is 0 Å². The van der Waals surface area contributed by atoms with E-state index in [1.165, 1.54) is 11.3 Å². The van der Waals surface area contributed by atoms with E-state index in [1.54, 1.807) is 31.5 Å². The molecule has 0 aliphatic heterocycles. The lowest BCUT2D eigenvalue weighted by Gasteiger charge is -2.08. The molecule has 16 heavy (non-hydrogen) atoms. The number of rotatable bonds is 3. The number of nitrogens with zero attached hydrogens (tertiary/aromatic N) is 1. The standard InChI is InChI=1S/C10H10ClN3OS/c1-15-8-3-2-6(11)4-7(8)14-10-13-5-9(12)16-10/h2-5H,12H2,1H3,(H,13,14). The van der Waals surface area contributed by atoms with Gasteiger partial charge in [-0.05, 0) is 18.2 Å². The number of thiazole rings is 1. The number of hydrogen-bond acceptors (Lipinski definition) is 5. The molecule has 0 fully saturated rings. The van der Waals surface area contributed by atoms with E-state index in [4.69, 9.17) is 22.1 Å². The van der Waals surface area contributed by atoms with Crippen molar-refractivity contribution in [1.29, 1.82) is 0 Å². The van der Waals surface area contributed by atoms with Gasteiger partial charge in [-0.25, -0.2) is 4.98 Å². The number of nitrogens with two attached hydrogens (primary N) is 1. The van der Waals surface area contributed by atoms with Crippen LogP contribution < -0.4 is 15.8 Å². The monoisotopic (exact) mass is 255 g/mol. The lowest BCUT2D eigenvalue weighted by atomic mass is 10.3. The van der Waals surface area contributed by atoms with Crippen molar-refractivity contribution in [3.05, 3.63) is 29.4 Å². The zero-order valence-corrected chi connectivity index (χ0v) is 10.1. The van der Waals surface area contributed by atoms with Gasteiger partial charge in [-0.3, -0.25) is 0 Å². The Morgan fingerprint density at radius 1 is 1.50 bits per heavy atom. The highest BCUT2D eigenvalue weighted by Gasteiger charge is 2.06. The number of benzene rings is 1. The molecular formula is C10H10ClN3OS. The summed E-state index contributed by atoms with van der Waals surface area (Å²) in [6.07, 6.45) is 1.60. The average Bonchev–Trinajstić information content (AvgIpc) is 2.64. The van der Waals surface area contributed by atoms with Crippen LogP contribution in [0.15, 0.2) is 24.4 Å². The van der Waals surface area contributed by atoms with Crippen molar-refractivity contribution in [1.82, 2.24) is 4.98 Å². The van der Waals surface area contributed by atoms with Crippen LogP contribution in [-0.4, -0.2) is 12.1 Å². The Labute approximate surface area is 102 Å². The summed E-state index contributed by atoms with van der Waals surface area (Å²) in [4.78, 5) is 4.10. The van der Waals surface area contributed by atoms with Crippen molar-refractivity contribution in [3.8, 4) is 5.75 Å². The molecule has 0 aliphatic rings. The van der Waals surface area contributed by atoms with E-state index in [0.29, 0.717) is 20.9 Å². The second kappa shape index (κ2) is 4.59. The first-order valence-corrected chi connectivity index (χ1v) is 5.70. The SMILES string of the molecule is COc1ccc(Cl)cc1Nc1ncc(N)s1. The molecule has 6 heteroatoms. The van der Waals surface area contributed by atoms with E-state index in [0.717, 1.165) is 5.69 Å². The molecule has 0 saturated heterocycles. The van der Waals surface area contributed by atoms with Crippen LogP contribution in [0, 0.1) is 0 Å². The molecule has 2 aromatic rings. The van der Waals surface area contributed by atoms with E-state index in [-0.39, 0.29) is 0 Å². The normalized spacial score (nSPS) is 10.1. The van der Waals surface area contributed by atoms with Crippen LogP contribution in [0.25, 0.3) is 0 Å². The Morgan fingerprint density at radius 3 is 2.94 bits per heavy atom.